The molecule has 0 rings (SSSR count). The molecule has 0 aromatic carbocycles. The number of guanidine groups is 1. The molecule has 0 radical (unpaired) electrons. The summed E-state index contributed by atoms with van der Waals surface area (Å²) < 4.78 is 13.3. The summed E-state index contributed by atoms with van der Waals surface area (Å²) >= 11 is 0. The summed E-state index contributed by atoms with van der Waals surface area (Å²) in [6.45, 7) is 0. The monoisotopic (exact) mass is 199 g/mol. The van der Waals surface area contributed by atoms with Crippen LogP contribution >= 0.6 is 7.82 Å². The molecule has 10 heteroatoms. The Bertz CT molecular complexity index is 169. The molecule has 0 bridgehead atoms. The number of hydrogen-bond acceptors (Lipinski definition) is 3. The van der Waals surface area contributed by atoms with E-state index in [1.165, 1.54) is 0 Å². The molecule has 0 aliphatic carbocycles. The van der Waals surface area contributed by atoms with Crippen LogP contribution < -0.4 is 11.5 Å². The van der Waals surface area contributed by atoms with E-state index >= 15 is 0 Å². The van der Waals surface area contributed by atoms with Crippen molar-refractivity contribution in [3.05, 3.63) is 0 Å². The van der Waals surface area contributed by atoms with Gasteiger partial charge in [-0.1, -0.05) is 0 Å². The number of oxime groups is 1. The molecule has 0 aliphatic heterocycles. The van der Waals surface area contributed by atoms with Crippen LogP contribution in [0.15, 0.2) is 5.16 Å². The first-order valence-electron chi connectivity index (χ1n) is 1.75. The Hall–Kier alpha value is -0.0538. The van der Waals surface area contributed by atoms with Crippen molar-refractivity contribution in [2.24, 2.45) is 16.6 Å². The average Bonchev–Trinajstić information content (AvgIpc) is 1.59. The number of hydrogen-bond donors (Lipinski definition) is 4. The minimum absolute atomic E-state index is 0. The molecule has 0 atom stereocenters. The Morgan fingerprint density at radius 3 is 2.00 bits per heavy atom. The van der Waals surface area contributed by atoms with Crippen LogP contribution in [0.5, 0.6) is 0 Å². The fraction of sp³-hybridized carbons (Fsp3) is 0. The Morgan fingerprint density at radius 1 is 1.55 bits per heavy atom. The van der Waals surface area contributed by atoms with Gasteiger partial charge in [0, 0.05) is 0 Å². The molecule has 0 saturated heterocycles. The molecule has 0 saturated carbocycles. The maximum atomic E-state index is 9.79. The van der Waals surface area contributed by atoms with Crippen molar-refractivity contribution in [2.45, 2.75) is 0 Å². The van der Waals surface area contributed by atoms with E-state index in [-0.39, 0.29) is 31.4 Å². The van der Waals surface area contributed by atoms with Gasteiger partial charge >= 0.3 is 30.9 Å². The van der Waals surface area contributed by atoms with Gasteiger partial charge in [0.2, 0.25) is 5.96 Å². The van der Waals surface area contributed by atoms with Crippen molar-refractivity contribution in [1.82, 2.24) is 0 Å². The van der Waals surface area contributed by atoms with Crippen molar-refractivity contribution >= 4 is 36.8 Å². The zero-order chi connectivity index (χ0) is 7.49. The van der Waals surface area contributed by atoms with Gasteiger partial charge in [-0.05, 0) is 5.16 Å². The van der Waals surface area contributed by atoms with Gasteiger partial charge in [-0.2, -0.15) is 0 Å². The van der Waals surface area contributed by atoms with Crippen molar-refractivity contribution in [3.63, 3.8) is 0 Å². The van der Waals surface area contributed by atoms with Crippen LogP contribution in [0.4, 0.5) is 0 Å². The molecule has 0 heterocycles. The summed E-state index contributed by atoms with van der Waals surface area (Å²) in [5.41, 5.74) is 9.32. The van der Waals surface area contributed by atoms with Gasteiger partial charge in [0.15, 0.2) is 0 Å². The molecule has 11 heavy (non-hydrogen) atoms. The van der Waals surface area contributed by atoms with Crippen molar-refractivity contribution in [2.75, 3.05) is 0 Å². The van der Waals surface area contributed by atoms with Gasteiger partial charge in [0.25, 0.3) is 0 Å². The molecule has 0 aliphatic rings. The molecule has 0 aromatic heterocycles. The van der Waals surface area contributed by atoms with E-state index in [0.29, 0.717) is 0 Å². The third kappa shape index (κ3) is 17.8. The number of nitrogens with zero attached hydrogens (tertiary/aromatic N) is 1. The minimum atomic E-state index is -4.57. The number of phosphoric acid groups is 1. The predicted octanol–water partition coefficient (Wildman–Crippen LogP) is -2.70. The molecular weight excluding hydrogens is 189 g/mol. The molecule has 0 spiro atoms. The van der Waals surface area contributed by atoms with Crippen LogP contribution in [0, 0.1) is 0 Å². The first-order valence-corrected chi connectivity index (χ1v) is 3.28. The first kappa shape index (κ1) is 17.1. The molecular formula is CH10MgN3O5P. The van der Waals surface area contributed by atoms with E-state index in [0.717, 1.165) is 0 Å². The van der Waals surface area contributed by atoms with Gasteiger partial charge < -0.3 is 19.8 Å². The maximum Gasteiger partial charge on any atom is 2.00 e. The second-order valence-electron chi connectivity index (χ2n) is 1.09. The average molecular weight is 199 g/mol. The van der Waals surface area contributed by atoms with Crippen molar-refractivity contribution in [3.8, 4) is 0 Å². The van der Waals surface area contributed by atoms with Crippen molar-refractivity contribution < 1.29 is 27.3 Å². The summed E-state index contributed by atoms with van der Waals surface area (Å²) in [5, 5.41) is 2.60. The Morgan fingerprint density at radius 2 is 1.91 bits per heavy atom. The molecule has 8 nitrogen and oxygen atoms in total. The van der Waals surface area contributed by atoms with Crippen LogP contribution in [-0.2, 0) is 9.19 Å². The Labute approximate surface area is 81.2 Å². The zero-order valence-corrected chi connectivity index (χ0v) is 7.78. The van der Waals surface area contributed by atoms with Crippen LogP contribution in [0.25, 0.3) is 0 Å². The van der Waals surface area contributed by atoms with E-state index in [9.17, 15) is 4.57 Å². The first-order chi connectivity index (χ1) is 3.92. The largest absolute Gasteiger partial charge is 2.00 e. The molecule has 0 unspecified atom stereocenters. The summed E-state index contributed by atoms with van der Waals surface area (Å²) in [6.07, 6.45) is 0. The van der Waals surface area contributed by atoms with E-state index in [4.69, 9.17) is 9.79 Å². The quantitative estimate of drug-likeness (QED) is 0.124. The normalized spacial score (nSPS) is 8.55. The second-order valence-corrected chi connectivity index (χ2v) is 2.23. The van der Waals surface area contributed by atoms with Crippen LogP contribution in [-0.4, -0.2) is 44.3 Å². The smallest absolute Gasteiger partial charge is 1.00 e. The second kappa shape index (κ2) is 6.64. The standard InChI is InChI=1S/CH6N3O4P.Mg.H2O.2H/c2-1(3)4-8-9(5,6)7;;;;/h(H4,2,3,4)(H2,5,6,7);;1H2;;/q;+2;;2*-1. The van der Waals surface area contributed by atoms with Gasteiger partial charge in [-0.25, -0.2) is 4.57 Å². The fourth-order valence-electron chi connectivity index (χ4n) is 0.100. The Balaban J connectivity index is -0.0000000533. The van der Waals surface area contributed by atoms with Gasteiger partial charge in [-0.3, -0.25) is 14.4 Å². The van der Waals surface area contributed by atoms with E-state index in [1.807, 2.05) is 0 Å². The maximum absolute atomic E-state index is 9.79. The van der Waals surface area contributed by atoms with Crippen LogP contribution in [0.1, 0.15) is 2.85 Å². The summed E-state index contributed by atoms with van der Waals surface area (Å²) in [4.78, 5) is 15.9. The summed E-state index contributed by atoms with van der Waals surface area (Å²) in [7, 11) is -4.57. The minimum Gasteiger partial charge on any atom is -1.00 e. The van der Waals surface area contributed by atoms with Crippen molar-refractivity contribution in [1.29, 1.82) is 0 Å². The SMILES string of the molecule is NC(N)=NOP(=O)(O)O.O.[H-].[H-].[Mg+2]. The summed E-state index contributed by atoms with van der Waals surface area (Å²) in [5.74, 6) is -0.543. The topological polar surface area (TPSA) is 163 Å². The number of nitrogens with two attached hydrogens (primary N) is 2. The third-order valence-corrected chi connectivity index (χ3v) is 0.547. The zero-order valence-electron chi connectivity index (χ0n) is 7.47. The molecule has 66 valence electrons. The van der Waals surface area contributed by atoms with Gasteiger partial charge in [0.05, 0.1) is 0 Å². The number of rotatable bonds is 2. The Kier molecular flexibility index (Phi) is 10.4. The fourth-order valence-corrected chi connectivity index (χ4v) is 0.301. The van der Waals surface area contributed by atoms with E-state index in [1.54, 1.807) is 0 Å². The molecule has 8 N–H and O–H groups in total. The molecule has 0 fully saturated rings. The van der Waals surface area contributed by atoms with Gasteiger partial charge in [-0.15, -0.1) is 0 Å². The summed E-state index contributed by atoms with van der Waals surface area (Å²) in [6, 6.07) is 0. The van der Waals surface area contributed by atoms with Crippen LogP contribution in [0.3, 0.4) is 0 Å². The van der Waals surface area contributed by atoms with Crippen LogP contribution in [0.2, 0.25) is 0 Å². The molecule has 0 amide bonds. The predicted molar refractivity (Wildman–Crippen MR) is 40.5 cm³/mol. The third-order valence-electron chi connectivity index (χ3n) is 0.253. The van der Waals surface area contributed by atoms with E-state index < -0.39 is 13.8 Å². The van der Waals surface area contributed by atoms with Gasteiger partial charge in [0.1, 0.15) is 0 Å². The molecule has 0 aromatic rings. The van der Waals surface area contributed by atoms with E-state index in [2.05, 4.69) is 21.2 Å².